The van der Waals surface area contributed by atoms with Crippen molar-refractivity contribution in [2.75, 3.05) is 17.1 Å². The number of anilines is 1. The van der Waals surface area contributed by atoms with Crippen LogP contribution in [0.25, 0.3) is 0 Å². The fraction of sp³-hybridized carbons (Fsp3) is 0.579. The summed E-state index contributed by atoms with van der Waals surface area (Å²) in [5, 5.41) is 12.4. The number of aryl methyl sites for hydroxylation is 1. The molecule has 2 atom stereocenters. The zero-order valence-corrected chi connectivity index (χ0v) is 16.5. The van der Waals surface area contributed by atoms with Crippen molar-refractivity contribution in [3.8, 4) is 0 Å². The summed E-state index contributed by atoms with van der Waals surface area (Å²) in [6, 6.07) is 5.01. The van der Waals surface area contributed by atoms with E-state index in [0.29, 0.717) is 43.5 Å². The number of nitrogens with zero attached hydrogens (tertiary/aromatic N) is 1. The van der Waals surface area contributed by atoms with E-state index >= 15 is 0 Å². The fourth-order valence-corrected chi connectivity index (χ4v) is 5.26. The summed E-state index contributed by atoms with van der Waals surface area (Å²) in [4.78, 5) is 24.4. The van der Waals surface area contributed by atoms with Crippen LogP contribution >= 0.6 is 0 Å². The predicted molar refractivity (Wildman–Crippen MR) is 102 cm³/mol. The third-order valence-electron chi connectivity index (χ3n) is 5.72. The summed E-state index contributed by atoms with van der Waals surface area (Å²) in [6.07, 6.45) is 5.50. The van der Waals surface area contributed by atoms with Crippen LogP contribution in [-0.2, 0) is 21.2 Å². The van der Waals surface area contributed by atoms with Gasteiger partial charge in [-0.3, -0.25) is 13.9 Å². The maximum absolute atomic E-state index is 12.8. The Balaban J connectivity index is 1.85. The summed E-state index contributed by atoms with van der Waals surface area (Å²) in [6.45, 7) is 2.24. The topological polar surface area (TPSA) is 104 Å². The molecule has 0 bridgehead atoms. The molecule has 148 valence electrons. The van der Waals surface area contributed by atoms with E-state index in [1.165, 1.54) is 10.6 Å². The Labute approximate surface area is 159 Å². The second-order valence-electron chi connectivity index (χ2n) is 7.79. The van der Waals surface area contributed by atoms with Crippen molar-refractivity contribution in [1.82, 2.24) is 5.32 Å². The molecule has 27 heavy (non-hydrogen) atoms. The van der Waals surface area contributed by atoms with Crippen LogP contribution in [0.15, 0.2) is 18.2 Å². The van der Waals surface area contributed by atoms with Crippen LogP contribution in [0.3, 0.4) is 0 Å². The standard InChI is InChI=1S/C19H26N2O5S/c1-19(10-4-3-7-15(19)18(23)24)20-17(22)14-8-9-16-13(12-14)6-5-11-21(16)27(2,25)26/h8-9,12,15H,3-7,10-11H2,1-2H3,(H,20,22)(H,23,24). The number of hydrogen-bond acceptors (Lipinski definition) is 4. The first kappa shape index (κ1) is 19.7. The number of sulfonamides is 1. The van der Waals surface area contributed by atoms with Crippen molar-refractivity contribution in [3.63, 3.8) is 0 Å². The van der Waals surface area contributed by atoms with E-state index in [1.54, 1.807) is 25.1 Å². The molecule has 2 unspecified atom stereocenters. The van der Waals surface area contributed by atoms with Gasteiger partial charge in [0.15, 0.2) is 0 Å². The second-order valence-corrected chi connectivity index (χ2v) is 9.70. The molecule has 0 aromatic heterocycles. The molecule has 1 saturated carbocycles. The Bertz CT molecular complexity index is 867. The monoisotopic (exact) mass is 394 g/mol. The number of carbonyl (C=O) groups excluding carboxylic acids is 1. The first-order chi connectivity index (χ1) is 12.6. The highest BCUT2D eigenvalue weighted by molar-refractivity contribution is 7.92. The van der Waals surface area contributed by atoms with Gasteiger partial charge in [-0.05, 0) is 56.4 Å². The first-order valence-corrected chi connectivity index (χ1v) is 11.1. The highest BCUT2D eigenvalue weighted by atomic mass is 32.2. The lowest BCUT2D eigenvalue weighted by Gasteiger charge is -2.40. The van der Waals surface area contributed by atoms with Crippen molar-refractivity contribution in [2.24, 2.45) is 5.92 Å². The van der Waals surface area contributed by atoms with Crippen molar-refractivity contribution in [1.29, 1.82) is 0 Å². The van der Waals surface area contributed by atoms with Gasteiger partial charge in [-0.1, -0.05) is 12.8 Å². The highest BCUT2D eigenvalue weighted by Gasteiger charge is 2.42. The molecule has 1 aromatic carbocycles. The van der Waals surface area contributed by atoms with E-state index in [-0.39, 0.29) is 5.91 Å². The first-order valence-electron chi connectivity index (χ1n) is 9.28. The number of aliphatic carboxylic acids is 1. The maximum atomic E-state index is 12.8. The third-order valence-corrected chi connectivity index (χ3v) is 6.90. The summed E-state index contributed by atoms with van der Waals surface area (Å²) in [5.41, 5.74) is 1.09. The largest absolute Gasteiger partial charge is 0.481 e. The van der Waals surface area contributed by atoms with Crippen molar-refractivity contribution < 1.29 is 23.1 Å². The van der Waals surface area contributed by atoms with E-state index in [4.69, 9.17) is 0 Å². The van der Waals surface area contributed by atoms with Gasteiger partial charge in [0.25, 0.3) is 5.91 Å². The summed E-state index contributed by atoms with van der Waals surface area (Å²) in [7, 11) is -3.35. The van der Waals surface area contributed by atoms with Gasteiger partial charge in [-0.15, -0.1) is 0 Å². The SMILES string of the molecule is CC1(NC(=O)c2ccc3c(c2)CCCN3S(C)(=O)=O)CCCCC1C(=O)O. The van der Waals surface area contributed by atoms with Gasteiger partial charge in [-0.25, -0.2) is 8.42 Å². The lowest BCUT2D eigenvalue weighted by atomic mass is 9.73. The average Bonchev–Trinajstić information content (AvgIpc) is 2.59. The third kappa shape index (κ3) is 3.95. The van der Waals surface area contributed by atoms with Crippen LogP contribution in [0.2, 0.25) is 0 Å². The lowest BCUT2D eigenvalue weighted by molar-refractivity contribution is -0.145. The van der Waals surface area contributed by atoms with Crippen LogP contribution in [0.1, 0.15) is 54.9 Å². The minimum absolute atomic E-state index is 0.315. The fourth-order valence-electron chi connectivity index (χ4n) is 4.26. The van der Waals surface area contributed by atoms with Crippen LogP contribution < -0.4 is 9.62 Å². The van der Waals surface area contributed by atoms with E-state index < -0.39 is 27.4 Å². The van der Waals surface area contributed by atoms with Gasteiger partial charge in [0.2, 0.25) is 10.0 Å². The molecule has 0 radical (unpaired) electrons. The minimum atomic E-state index is -3.35. The quantitative estimate of drug-likeness (QED) is 0.814. The molecule has 3 rings (SSSR count). The molecule has 1 aliphatic heterocycles. The average molecular weight is 394 g/mol. The number of amides is 1. The van der Waals surface area contributed by atoms with Gasteiger partial charge < -0.3 is 10.4 Å². The number of rotatable bonds is 4. The van der Waals surface area contributed by atoms with Crippen molar-refractivity contribution in [2.45, 2.75) is 51.0 Å². The molecule has 1 heterocycles. The molecule has 7 nitrogen and oxygen atoms in total. The van der Waals surface area contributed by atoms with Gasteiger partial charge in [0.05, 0.1) is 23.4 Å². The van der Waals surface area contributed by atoms with Gasteiger partial charge in [0, 0.05) is 12.1 Å². The summed E-state index contributed by atoms with van der Waals surface area (Å²) < 4.78 is 25.3. The van der Waals surface area contributed by atoms with Crippen LogP contribution in [0, 0.1) is 5.92 Å². The van der Waals surface area contributed by atoms with E-state index in [0.717, 1.165) is 18.4 Å². The number of benzene rings is 1. The molecule has 1 aromatic rings. The smallest absolute Gasteiger partial charge is 0.308 e. The minimum Gasteiger partial charge on any atom is -0.481 e. The molecule has 1 fully saturated rings. The maximum Gasteiger partial charge on any atom is 0.308 e. The van der Waals surface area contributed by atoms with Gasteiger partial charge >= 0.3 is 5.97 Å². The second kappa shape index (κ2) is 7.14. The zero-order valence-electron chi connectivity index (χ0n) is 15.7. The van der Waals surface area contributed by atoms with Gasteiger partial charge in [0.1, 0.15) is 0 Å². The number of fused-ring (bicyclic) bond motifs is 1. The zero-order chi connectivity index (χ0) is 19.8. The van der Waals surface area contributed by atoms with Crippen LogP contribution in [0.4, 0.5) is 5.69 Å². The Morgan fingerprint density at radius 2 is 2.00 bits per heavy atom. The Morgan fingerprint density at radius 3 is 2.67 bits per heavy atom. The molecule has 1 amide bonds. The number of carboxylic acids is 1. The molecule has 2 N–H and O–H groups in total. The van der Waals surface area contributed by atoms with E-state index in [1.807, 2.05) is 0 Å². The van der Waals surface area contributed by atoms with Crippen molar-refractivity contribution in [3.05, 3.63) is 29.3 Å². The molecule has 1 aliphatic carbocycles. The molecule has 2 aliphatic rings. The van der Waals surface area contributed by atoms with E-state index in [9.17, 15) is 23.1 Å². The number of carbonyl (C=O) groups is 2. The summed E-state index contributed by atoms with van der Waals surface area (Å²) >= 11 is 0. The predicted octanol–water partition coefficient (Wildman–Crippen LogP) is 2.16. The van der Waals surface area contributed by atoms with E-state index in [2.05, 4.69) is 5.32 Å². The molecular formula is C19H26N2O5S. The Kier molecular flexibility index (Phi) is 5.20. The summed E-state index contributed by atoms with van der Waals surface area (Å²) in [5.74, 6) is -1.80. The van der Waals surface area contributed by atoms with Crippen LogP contribution in [-0.4, -0.2) is 43.7 Å². The normalized spacial score (nSPS) is 25.6. The number of carboxylic acid groups (broad SMARTS) is 1. The molecular weight excluding hydrogens is 368 g/mol. The van der Waals surface area contributed by atoms with Gasteiger partial charge in [-0.2, -0.15) is 0 Å². The number of nitrogens with one attached hydrogen (secondary N) is 1. The Hall–Kier alpha value is -2.09. The van der Waals surface area contributed by atoms with Crippen molar-refractivity contribution >= 4 is 27.6 Å². The molecule has 0 saturated heterocycles. The Morgan fingerprint density at radius 1 is 1.26 bits per heavy atom. The molecule has 0 spiro atoms. The lowest BCUT2D eigenvalue weighted by Crippen LogP contribution is -2.55. The van der Waals surface area contributed by atoms with Crippen LogP contribution in [0.5, 0.6) is 0 Å². The highest BCUT2D eigenvalue weighted by Crippen LogP contribution is 2.35. The number of hydrogen-bond donors (Lipinski definition) is 2. The molecule has 8 heteroatoms.